The van der Waals surface area contributed by atoms with Crippen molar-refractivity contribution in [2.45, 2.75) is 13.0 Å². The number of methoxy groups -OCH3 is 1. The molecule has 7 heteroatoms. The van der Waals surface area contributed by atoms with Crippen LogP contribution >= 0.6 is 11.8 Å². The Hall–Kier alpha value is -3.06. The Morgan fingerprint density at radius 2 is 2.00 bits per heavy atom. The summed E-state index contributed by atoms with van der Waals surface area (Å²) in [6, 6.07) is 16.1. The van der Waals surface area contributed by atoms with E-state index in [2.05, 4.69) is 10.3 Å². The van der Waals surface area contributed by atoms with Crippen molar-refractivity contribution >= 4 is 34.4 Å². The van der Waals surface area contributed by atoms with Crippen LogP contribution in [0.25, 0.3) is 0 Å². The van der Waals surface area contributed by atoms with Gasteiger partial charge in [0.25, 0.3) is 5.91 Å². The predicted octanol–water partition coefficient (Wildman–Crippen LogP) is 3.59. The number of allylic oxidation sites excluding steroid dienone is 1. The third kappa shape index (κ3) is 3.29. The Labute approximate surface area is 167 Å². The van der Waals surface area contributed by atoms with Gasteiger partial charge in [0.05, 0.1) is 30.2 Å². The number of carbonyl (C=O) groups excluding carboxylic acids is 2. The van der Waals surface area contributed by atoms with Crippen LogP contribution in [0.3, 0.4) is 0 Å². The van der Waals surface area contributed by atoms with Gasteiger partial charge in [0.2, 0.25) is 5.91 Å². The van der Waals surface area contributed by atoms with Crippen LogP contribution in [0.5, 0.6) is 5.75 Å². The van der Waals surface area contributed by atoms with Gasteiger partial charge >= 0.3 is 0 Å². The number of aliphatic imine (C=N–C) groups is 1. The number of fused-ring (bicyclic) bond motifs is 1. The molecule has 2 aliphatic heterocycles. The maximum absolute atomic E-state index is 13.2. The minimum atomic E-state index is -0.547. The number of rotatable bonds is 4. The number of ether oxygens (including phenoxy) is 1. The fourth-order valence-electron chi connectivity index (χ4n) is 3.38. The first kappa shape index (κ1) is 18.3. The number of nitrogens with one attached hydrogen (secondary N) is 1. The van der Waals surface area contributed by atoms with Gasteiger partial charge in [-0.2, -0.15) is 0 Å². The Kier molecular flexibility index (Phi) is 4.92. The minimum Gasteiger partial charge on any atom is -0.497 e. The number of hydrogen-bond donors (Lipinski definition) is 1. The van der Waals surface area contributed by atoms with Gasteiger partial charge in [-0.3, -0.25) is 14.5 Å². The summed E-state index contributed by atoms with van der Waals surface area (Å²) in [7, 11) is 1.59. The topological polar surface area (TPSA) is 71.0 Å². The summed E-state index contributed by atoms with van der Waals surface area (Å²) in [6.07, 6.45) is 0. The molecule has 2 aromatic rings. The molecule has 0 saturated carbocycles. The van der Waals surface area contributed by atoms with Gasteiger partial charge in [-0.1, -0.05) is 42.1 Å². The molecule has 1 saturated heterocycles. The highest BCUT2D eigenvalue weighted by molar-refractivity contribution is 8.15. The van der Waals surface area contributed by atoms with Crippen LogP contribution in [-0.4, -0.2) is 34.7 Å². The van der Waals surface area contributed by atoms with Gasteiger partial charge in [0.15, 0.2) is 5.17 Å². The van der Waals surface area contributed by atoms with E-state index in [1.807, 2.05) is 54.6 Å². The smallest absolute Gasteiger partial charge is 0.255 e. The molecule has 2 aliphatic rings. The second-order valence-electron chi connectivity index (χ2n) is 6.45. The lowest BCUT2D eigenvalue weighted by Crippen LogP contribution is -2.40. The van der Waals surface area contributed by atoms with Crippen LogP contribution in [0.4, 0.5) is 5.69 Å². The molecule has 0 aliphatic carbocycles. The lowest BCUT2D eigenvalue weighted by atomic mass is 9.93. The number of para-hydroxylation sites is 1. The van der Waals surface area contributed by atoms with E-state index in [0.29, 0.717) is 33.6 Å². The monoisotopic (exact) mass is 393 g/mol. The molecule has 1 atom stereocenters. The van der Waals surface area contributed by atoms with Crippen molar-refractivity contribution in [1.82, 2.24) is 4.90 Å². The molecule has 1 unspecified atom stereocenters. The number of hydrogen-bond acceptors (Lipinski definition) is 5. The third-order valence-corrected chi connectivity index (χ3v) is 5.61. The van der Waals surface area contributed by atoms with E-state index < -0.39 is 6.04 Å². The Balaban J connectivity index is 1.79. The summed E-state index contributed by atoms with van der Waals surface area (Å²) in [6.45, 7) is 1.81. The lowest BCUT2D eigenvalue weighted by Gasteiger charge is -2.33. The minimum absolute atomic E-state index is 0.0610. The largest absolute Gasteiger partial charge is 0.497 e. The number of amides is 2. The number of amidine groups is 1. The van der Waals surface area contributed by atoms with Crippen molar-refractivity contribution in [3.63, 3.8) is 0 Å². The summed E-state index contributed by atoms with van der Waals surface area (Å²) >= 11 is 1.39. The molecule has 6 nitrogen and oxygen atoms in total. The van der Waals surface area contributed by atoms with Crippen LogP contribution < -0.4 is 10.1 Å². The number of anilines is 1. The Morgan fingerprint density at radius 1 is 1.21 bits per heavy atom. The zero-order valence-electron chi connectivity index (χ0n) is 15.5. The third-order valence-electron chi connectivity index (χ3n) is 4.67. The molecule has 0 radical (unpaired) electrons. The van der Waals surface area contributed by atoms with Gasteiger partial charge in [-0.15, -0.1) is 0 Å². The van der Waals surface area contributed by atoms with E-state index in [-0.39, 0.29) is 11.8 Å². The molecule has 2 amide bonds. The fourth-order valence-corrected chi connectivity index (χ4v) is 4.32. The molecule has 4 rings (SSSR count). The van der Waals surface area contributed by atoms with E-state index in [4.69, 9.17) is 4.74 Å². The molecular weight excluding hydrogens is 374 g/mol. The first-order chi connectivity index (χ1) is 13.6. The second-order valence-corrected chi connectivity index (χ2v) is 7.39. The molecule has 28 heavy (non-hydrogen) atoms. The van der Waals surface area contributed by atoms with Crippen LogP contribution in [0.1, 0.15) is 18.5 Å². The number of nitrogens with zero attached hydrogens (tertiary/aromatic N) is 2. The SMILES string of the molecule is COc1cccc(C2C(C(=O)Nc3ccccc3)=C(C)N=C3SCC(=O)N32)c1. The van der Waals surface area contributed by atoms with Crippen molar-refractivity contribution in [2.75, 3.05) is 18.2 Å². The van der Waals surface area contributed by atoms with Gasteiger partial charge in [0.1, 0.15) is 5.75 Å². The standard InChI is InChI=1S/C21H19N3O3S/c1-13-18(20(26)23-15-8-4-3-5-9-15)19(14-7-6-10-16(11-14)27-2)24-17(25)12-28-21(24)22-13/h3-11,19H,12H2,1-2H3,(H,23,26). The average Bonchev–Trinajstić information content (AvgIpc) is 3.07. The van der Waals surface area contributed by atoms with Crippen molar-refractivity contribution in [1.29, 1.82) is 0 Å². The number of carbonyl (C=O) groups is 2. The van der Waals surface area contributed by atoms with Crippen LogP contribution in [0.15, 0.2) is 70.9 Å². The highest BCUT2D eigenvalue weighted by Gasteiger charge is 2.42. The highest BCUT2D eigenvalue weighted by atomic mass is 32.2. The number of thioether (sulfide) groups is 1. The molecular formula is C21H19N3O3S. The van der Waals surface area contributed by atoms with Crippen molar-refractivity contribution in [3.8, 4) is 5.75 Å². The summed E-state index contributed by atoms with van der Waals surface area (Å²) in [5, 5.41) is 3.55. The van der Waals surface area contributed by atoms with Crippen LogP contribution in [0.2, 0.25) is 0 Å². The first-order valence-corrected chi connectivity index (χ1v) is 9.81. The Bertz CT molecular complexity index is 1000. The van der Waals surface area contributed by atoms with Gasteiger partial charge < -0.3 is 10.1 Å². The fraction of sp³-hybridized carbons (Fsp3) is 0.190. The zero-order chi connectivity index (χ0) is 19.7. The highest BCUT2D eigenvalue weighted by Crippen LogP contribution is 2.41. The first-order valence-electron chi connectivity index (χ1n) is 8.83. The van der Waals surface area contributed by atoms with Gasteiger partial charge in [0, 0.05) is 5.69 Å². The summed E-state index contributed by atoms with van der Waals surface area (Å²) in [4.78, 5) is 32.0. The normalized spacial score (nSPS) is 18.6. The maximum atomic E-state index is 13.2. The predicted molar refractivity (Wildman–Crippen MR) is 110 cm³/mol. The van der Waals surface area contributed by atoms with E-state index in [1.165, 1.54) is 11.8 Å². The van der Waals surface area contributed by atoms with E-state index >= 15 is 0 Å². The second kappa shape index (κ2) is 7.52. The van der Waals surface area contributed by atoms with Crippen LogP contribution in [-0.2, 0) is 9.59 Å². The van der Waals surface area contributed by atoms with Crippen molar-refractivity contribution in [3.05, 3.63) is 71.4 Å². The Morgan fingerprint density at radius 3 is 2.75 bits per heavy atom. The summed E-state index contributed by atoms with van der Waals surface area (Å²) in [5.41, 5.74) is 2.56. The molecule has 2 heterocycles. The maximum Gasteiger partial charge on any atom is 0.255 e. The van der Waals surface area contributed by atoms with Crippen LogP contribution in [0, 0.1) is 0 Å². The van der Waals surface area contributed by atoms with Crippen molar-refractivity contribution < 1.29 is 14.3 Å². The van der Waals surface area contributed by atoms with Gasteiger partial charge in [-0.25, -0.2) is 4.99 Å². The molecule has 1 N–H and O–H groups in total. The molecule has 0 bridgehead atoms. The molecule has 0 spiro atoms. The molecule has 0 aromatic heterocycles. The molecule has 142 valence electrons. The lowest BCUT2D eigenvalue weighted by molar-refractivity contribution is -0.125. The summed E-state index contributed by atoms with van der Waals surface area (Å²) < 4.78 is 5.35. The summed E-state index contributed by atoms with van der Waals surface area (Å²) in [5.74, 6) is 0.652. The average molecular weight is 393 g/mol. The quantitative estimate of drug-likeness (QED) is 0.862. The van der Waals surface area contributed by atoms with E-state index in [9.17, 15) is 9.59 Å². The van der Waals surface area contributed by atoms with Crippen molar-refractivity contribution in [2.24, 2.45) is 4.99 Å². The zero-order valence-corrected chi connectivity index (χ0v) is 16.3. The van der Waals surface area contributed by atoms with E-state index in [1.54, 1.807) is 18.9 Å². The van der Waals surface area contributed by atoms with Gasteiger partial charge in [-0.05, 0) is 36.8 Å². The molecule has 1 fully saturated rings. The molecule has 2 aromatic carbocycles. The van der Waals surface area contributed by atoms with E-state index in [0.717, 1.165) is 5.56 Å². The number of benzene rings is 2.